The summed E-state index contributed by atoms with van der Waals surface area (Å²) in [6.45, 7) is 1.92. The number of aromatic nitrogens is 3. The number of hydrogen-bond donors (Lipinski definition) is 2. The first-order valence-electron chi connectivity index (χ1n) is 7.17. The van der Waals surface area contributed by atoms with Gasteiger partial charge < -0.3 is 5.32 Å². The van der Waals surface area contributed by atoms with Gasteiger partial charge >= 0.3 is 0 Å². The van der Waals surface area contributed by atoms with Gasteiger partial charge in [-0.1, -0.05) is 12.1 Å². The molecule has 2 aromatic heterocycles. The smallest absolute Gasteiger partial charge is 0.264 e. The van der Waals surface area contributed by atoms with E-state index in [0.29, 0.717) is 11.4 Å². The summed E-state index contributed by atoms with van der Waals surface area (Å²) in [6, 6.07) is 10.3. The Kier molecular flexibility index (Phi) is 4.62. The van der Waals surface area contributed by atoms with Crippen molar-refractivity contribution < 1.29 is 4.79 Å². The van der Waals surface area contributed by atoms with Crippen molar-refractivity contribution in [1.82, 2.24) is 15.2 Å². The number of aryl methyl sites for hydroxylation is 1. The van der Waals surface area contributed by atoms with E-state index in [4.69, 9.17) is 0 Å². The number of hydrogen-bond acceptors (Lipinski definition) is 5. The maximum Gasteiger partial charge on any atom is 0.264 e. The number of carbonyl (C=O) groups excluding carboxylic acids is 1. The molecule has 0 spiro atoms. The molecule has 6 nitrogen and oxygen atoms in total. The molecule has 0 aliphatic heterocycles. The van der Waals surface area contributed by atoms with Crippen LogP contribution in [-0.2, 0) is 4.79 Å². The second-order valence-corrected chi connectivity index (χ2v) is 6.06. The van der Waals surface area contributed by atoms with Gasteiger partial charge in [-0.15, -0.1) is 11.3 Å². The fraction of sp³-hybridized carbons (Fsp3) is 0.0588. The van der Waals surface area contributed by atoms with E-state index < -0.39 is 0 Å². The van der Waals surface area contributed by atoms with Crippen LogP contribution in [0.1, 0.15) is 10.7 Å². The summed E-state index contributed by atoms with van der Waals surface area (Å²) in [5.74, 6) is -0.243. The average Bonchev–Trinajstić information content (AvgIpc) is 2.99. The van der Waals surface area contributed by atoms with Crippen molar-refractivity contribution in [3.8, 4) is 11.3 Å². The van der Waals surface area contributed by atoms with Gasteiger partial charge in [0.2, 0.25) is 5.91 Å². The van der Waals surface area contributed by atoms with Crippen LogP contribution in [0.3, 0.4) is 0 Å². The minimum absolute atomic E-state index is 0.243. The van der Waals surface area contributed by atoms with Gasteiger partial charge in [0.15, 0.2) is 0 Å². The van der Waals surface area contributed by atoms with Crippen LogP contribution in [0.5, 0.6) is 0 Å². The van der Waals surface area contributed by atoms with Gasteiger partial charge in [-0.3, -0.25) is 9.59 Å². The van der Waals surface area contributed by atoms with Crippen molar-refractivity contribution in [1.29, 1.82) is 0 Å². The van der Waals surface area contributed by atoms with Crippen LogP contribution in [0, 0.1) is 6.92 Å². The highest BCUT2D eigenvalue weighted by molar-refractivity contribution is 7.09. The van der Waals surface area contributed by atoms with E-state index in [1.54, 1.807) is 24.3 Å². The van der Waals surface area contributed by atoms with Gasteiger partial charge in [-0.2, -0.15) is 5.10 Å². The molecule has 0 saturated heterocycles. The Morgan fingerprint density at radius 1 is 1.29 bits per heavy atom. The molecular weight excluding hydrogens is 324 g/mol. The van der Waals surface area contributed by atoms with Crippen LogP contribution in [0.2, 0.25) is 0 Å². The third kappa shape index (κ3) is 4.02. The third-order valence-corrected chi connectivity index (χ3v) is 3.94. The number of rotatable bonds is 4. The Morgan fingerprint density at radius 3 is 2.88 bits per heavy atom. The van der Waals surface area contributed by atoms with Crippen molar-refractivity contribution >= 4 is 29.0 Å². The van der Waals surface area contributed by atoms with Crippen LogP contribution < -0.4 is 10.9 Å². The minimum atomic E-state index is -0.259. The number of H-pyrrole nitrogens is 1. The van der Waals surface area contributed by atoms with Crippen molar-refractivity contribution in [2.24, 2.45) is 0 Å². The Balaban J connectivity index is 1.72. The van der Waals surface area contributed by atoms with Crippen molar-refractivity contribution in [2.75, 3.05) is 5.32 Å². The zero-order valence-corrected chi connectivity index (χ0v) is 13.6. The predicted molar refractivity (Wildman–Crippen MR) is 94.8 cm³/mol. The summed E-state index contributed by atoms with van der Waals surface area (Å²) >= 11 is 1.53. The lowest BCUT2D eigenvalue weighted by Crippen LogP contribution is -2.08. The van der Waals surface area contributed by atoms with E-state index in [1.165, 1.54) is 23.5 Å². The fourth-order valence-corrected chi connectivity index (χ4v) is 2.64. The first kappa shape index (κ1) is 15.8. The lowest BCUT2D eigenvalue weighted by atomic mass is 10.1. The molecule has 0 aliphatic rings. The van der Waals surface area contributed by atoms with Crippen LogP contribution in [0.25, 0.3) is 17.3 Å². The zero-order chi connectivity index (χ0) is 16.9. The largest absolute Gasteiger partial charge is 0.322 e. The predicted octanol–water partition coefficient (Wildman–Crippen LogP) is 2.85. The molecule has 0 saturated carbocycles. The molecule has 0 radical (unpaired) electrons. The molecule has 0 unspecified atom stereocenters. The van der Waals surface area contributed by atoms with Gasteiger partial charge in [0.05, 0.1) is 16.4 Å². The molecule has 0 fully saturated rings. The van der Waals surface area contributed by atoms with Crippen molar-refractivity contribution in [3.63, 3.8) is 0 Å². The quantitative estimate of drug-likeness (QED) is 0.716. The molecule has 3 aromatic rings. The van der Waals surface area contributed by atoms with E-state index in [-0.39, 0.29) is 11.5 Å². The molecule has 24 heavy (non-hydrogen) atoms. The van der Waals surface area contributed by atoms with Crippen LogP contribution in [-0.4, -0.2) is 21.1 Å². The summed E-state index contributed by atoms with van der Waals surface area (Å²) in [6.07, 6.45) is 3.12. The highest BCUT2D eigenvalue weighted by Crippen LogP contribution is 2.19. The monoisotopic (exact) mass is 338 g/mol. The Bertz CT molecular complexity index is 938. The maximum atomic E-state index is 12.0. The van der Waals surface area contributed by atoms with Gasteiger partial charge in [0.25, 0.3) is 5.56 Å². The number of nitrogens with one attached hydrogen (secondary N) is 2. The van der Waals surface area contributed by atoms with Crippen molar-refractivity contribution in [2.45, 2.75) is 6.92 Å². The SMILES string of the molecule is Cc1nc(/C=C\C(=O)Nc2cccc(-c3ccc(=O)[nH]n3)c2)cs1. The Morgan fingerprint density at radius 2 is 2.17 bits per heavy atom. The number of anilines is 1. The molecular formula is C17H14N4O2S. The minimum Gasteiger partial charge on any atom is -0.322 e. The van der Waals surface area contributed by atoms with Gasteiger partial charge in [-0.25, -0.2) is 10.1 Å². The second-order valence-electron chi connectivity index (χ2n) is 5.00. The molecule has 2 N–H and O–H groups in total. The molecule has 0 aliphatic carbocycles. The molecule has 1 aromatic carbocycles. The summed E-state index contributed by atoms with van der Waals surface area (Å²) in [5, 5.41) is 12.0. The number of aromatic amines is 1. The van der Waals surface area contributed by atoms with Gasteiger partial charge in [0.1, 0.15) is 0 Å². The van der Waals surface area contributed by atoms with E-state index in [0.717, 1.165) is 16.3 Å². The highest BCUT2D eigenvalue weighted by atomic mass is 32.1. The fourth-order valence-electron chi connectivity index (χ4n) is 2.06. The number of carbonyl (C=O) groups is 1. The summed E-state index contributed by atoms with van der Waals surface area (Å²) in [4.78, 5) is 27.3. The van der Waals surface area contributed by atoms with Gasteiger partial charge in [0, 0.05) is 28.8 Å². The number of benzene rings is 1. The van der Waals surface area contributed by atoms with Crippen LogP contribution in [0.15, 0.2) is 52.6 Å². The molecule has 1 amide bonds. The first-order valence-corrected chi connectivity index (χ1v) is 8.05. The van der Waals surface area contributed by atoms with Crippen LogP contribution >= 0.6 is 11.3 Å². The van der Waals surface area contributed by atoms with Crippen LogP contribution in [0.4, 0.5) is 5.69 Å². The summed E-state index contributed by atoms with van der Waals surface area (Å²) < 4.78 is 0. The lowest BCUT2D eigenvalue weighted by Gasteiger charge is -2.05. The Labute approximate surface area is 141 Å². The summed E-state index contributed by atoms with van der Waals surface area (Å²) in [7, 11) is 0. The van der Waals surface area contributed by atoms with Crippen molar-refractivity contribution in [3.05, 3.63) is 68.9 Å². The van der Waals surface area contributed by atoms with E-state index >= 15 is 0 Å². The molecule has 7 heteroatoms. The number of nitrogens with zero attached hydrogens (tertiary/aromatic N) is 2. The normalized spacial score (nSPS) is 10.9. The first-order chi connectivity index (χ1) is 11.6. The highest BCUT2D eigenvalue weighted by Gasteiger charge is 2.03. The lowest BCUT2D eigenvalue weighted by molar-refractivity contribution is -0.111. The maximum absolute atomic E-state index is 12.0. The summed E-state index contributed by atoms with van der Waals surface area (Å²) in [5.41, 5.74) is 2.57. The Hall–Kier alpha value is -3.06. The second kappa shape index (κ2) is 7.01. The zero-order valence-electron chi connectivity index (χ0n) is 12.8. The van der Waals surface area contributed by atoms with E-state index in [9.17, 15) is 9.59 Å². The standard InChI is InChI=1S/C17H14N4O2S/c1-11-18-14(10-24-11)5-7-16(22)19-13-4-2-3-12(9-13)15-6-8-17(23)21-20-15/h2-10H,1H3,(H,19,22)(H,21,23)/b7-5-. The van der Waals surface area contributed by atoms with E-state index in [1.807, 2.05) is 24.4 Å². The topological polar surface area (TPSA) is 87.7 Å². The molecule has 0 atom stereocenters. The molecule has 3 rings (SSSR count). The molecule has 2 heterocycles. The number of amides is 1. The average molecular weight is 338 g/mol. The third-order valence-electron chi connectivity index (χ3n) is 3.15. The van der Waals surface area contributed by atoms with Gasteiger partial charge in [-0.05, 0) is 31.2 Å². The number of thiazole rings is 1. The van der Waals surface area contributed by atoms with E-state index in [2.05, 4.69) is 20.5 Å². The molecule has 120 valence electrons. The molecule has 0 bridgehead atoms.